The van der Waals surface area contributed by atoms with Crippen LogP contribution in [-0.4, -0.2) is 17.5 Å². The zero-order chi connectivity index (χ0) is 16.2. The topological polar surface area (TPSA) is 51.2 Å². The van der Waals surface area contributed by atoms with E-state index < -0.39 is 6.61 Å². The highest BCUT2D eigenvalue weighted by Gasteiger charge is 2.11. The molecule has 0 atom stereocenters. The Kier molecular flexibility index (Phi) is 4.14. The van der Waals surface area contributed by atoms with Gasteiger partial charge in [0.1, 0.15) is 5.75 Å². The predicted octanol–water partition coefficient (Wildman–Crippen LogP) is 4.09. The van der Waals surface area contributed by atoms with Crippen LogP contribution in [0.25, 0.3) is 10.9 Å². The number of hydrogen-bond donors (Lipinski definition) is 1. The summed E-state index contributed by atoms with van der Waals surface area (Å²) < 4.78 is 28.5. The first kappa shape index (κ1) is 14.9. The number of aromatic nitrogens is 1. The van der Waals surface area contributed by atoms with E-state index in [1.807, 2.05) is 24.3 Å². The van der Waals surface area contributed by atoms with Gasteiger partial charge in [-0.3, -0.25) is 9.78 Å². The average Bonchev–Trinajstić information content (AvgIpc) is 2.55. The Morgan fingerprint density at radius 1 is 1.04 bits per heavy atom. The molecule has 1 N–H and O–H groups in total. The molecule has 0 saturated carbocycles. The van der Waals surface area contributed by atoms with Crippen LogP contribution in [0.15, 0.2) is 60.8 Å². The molecule has 0 aliphatic carbocycles. The van der Waals surface area contributed by atoms with Gasteiger partial charge in [-0.15, -0.1) is 0 Å². The third-order valence-electron chi connectivity index (χ3n) is 3.23. The van der Waals surface area contributed by atoms with E-state index in [9.17, 15) is 13.6 Å². The van der Waals surface area contributed by atoms with Gasteiger partial charge < -0.3 is 10.1 Å². The van der Waals surface area contributed by atoms with E-state index in [1.54, 1.807) is 12.3 Å². The van der Waals surface area contributed by atoms with Crippen LogP contribution in [-0.2, 0) is 0 Å². The molecule has 0 aliphatic heterocycles. The van der Waals surface area contributed by atoms with Gasteiger partial charge in [0.25, 0.3) is 5.91 Å². The average molecular weight is 314 g/mol. The number of carbonyl (C=O) groups is 1. The van der Waals surface area contributed by atoms with E-state index in [2.05, 4.69) is 15.0 Å². The van der Waals surface area contributed by atoms with Gasteiger partial charge in [0, 0.05) is 17.3 Å². The zero-order valence-electron chi connectivity index (χ0n) is 11.9. The van der Waals surface area contributed by atoms with Gasteiger partial charge in [-0.25, -0.2) is 0 Å². The molecule has 3 rings (SSSR count). The minimum atomic E-state index is -2.88. The van der Waals surface area contributed by atoms with Crippen molar-refractivity contribution >= 4 is 22.5 Å². The molecule has 0 radical (unpaired) electrons. The number of amides is 1. The van der Waals surface area contributed by atoms with Gasteiger partial charge in [-0.05, 0) is 36.4 Å². The highest BCUT2D eigenvalue weighted by atomic mass is 19.3. The number of anilines is 1. The lowest BCUT2D eigenvalue weighted by atomic mass is 10.1. The summed E-state index contributed by atoms with van der Waals surface area (Å²) in [5, 5.41) is 3.46. The standard InChI is InChI=1S/C17H12F2N2O2/c18-17(19)23-12-7-5-11(6-8-12)21-16(22)14-9-10-20-15-4-2-1-3-13(14)15/h1-10,17H,(H,21,22). The fourth-order valence-corrected chi connectivity index (χ4v) is 2.21. The van der Waals surface area contributed by atoms with E-state index in [1.165, 1.54) is 24.3 Å². The van der Waals surface area contributed by atoms with Crippen molar-refractivity contribution in [2.24, 2.45) is 0 Å². The summed E-state index contributed by atoms with van der Waals surface area (Å²) in [6.45, 7) is -2.88. The van der Waals surface area contributed by atoms with Gasteiger partial charge in [-0.1, -0.05) is 18.2 Å². The summed E-state index contributed by atoms with van der Waals surface area (Å²) in [5.41, 5.74) is 1.70. The number of nitrogens with zero attached hydrogens (tertiary/aromatic N) is 1. The van der Waals surface area contributed by atoms with Crippen molar-refractivity contribution in [3.8, 4) is 5.75 Å². The van der Waals surface area contributed by atoms with Crippen LogP contribution in [0.5, 0.6) is 5.75 Å². The molecule has 1 aromatic heterocycles. The summed E-state index contributed by atoms with van der Waals surface area (Å²) in [5.74, 6) is -0.265. The third kappa shape index (κ3) is 3.42. The molecule has 1 heterocycles. The molecule has 4 nitrogen and oxygen atoms in total. The number of halogens is 2. The SMILES string of the molecule is O=C(Nc1ccc(OC(F)F)cc1)c1ccnc2ccccc12. The number of ether oxygens (including phenoxy) is 1. The summed E-state index contributed by atoms with van der Waals surface area (Å²) >= 11 is 0. The first-order valence-corrected chi connectivity index (χ1v) is 6.83. The maximum absolute atomic E-state index is 12.4. The molecule has 0 fully saturated rings. The normalized spacial score (nSPS) is 10.7. The van der Waals surface area contributed by atoms with Crippen LogP contribution < -0.4 is 10.1 Å². The van der Waals surface area contributed by atoms with Gasteiger partial charge in [0.15, 0.2) is 0 Å². The number of nitrogens with one attached hydrogen (secondary N) is 1. The lowest BCUT2D eigenvalue weighted by Gasteiger charge is -2.09. The van der Waals surface area contributed by atoms with Gasteiger partial charge in [-0.2, -0.15) is 8.78 Å². The van der Waals surface area contributed by atoms with Crippen molar-refractivity contribution in [3.05, 3.63) is 66.4 Å². The largest absolute Gasteiger partial charge is 0.435 e. The zero-order valence-corrected chi connectivity index (χ0v) is 11.9. The third-order valence-corrected chi connectivity index (χ3v) is 3.23. The van der Waals surface area contributed by atoms with Crippen LogP contribution in [0.4, 0.5) is 14.5 Å². The maximum atomic E-state index is 12.4. The van der Waals surface area contributed by atoms with Crippen molar-refractivity contribution in [3.63, 3.8) is 0 Å². The quantitative estimate of drug-likeness (QED) is 0.789. The highest BCUT2D eigenvalue weighted by molar-refractivity contribution is 6.12. The van der Waals surface area contributed by atoms with Crippen LogP contribution in [0.3, 0.4) is 0 Å². The molecule has 0 saturated heterocycles. The van der Waals surface area contributed by atoms with E-state index >= 15 is 0 Å². The van der Waals surface area contributed by atoms with Crippen molar-refractivity contribution in [1.29, 1.82) is 0 Å². The second kappa shape index (κ2) is 6.39. The number of alkyl halides is 2. The van der Waals surface area contributed by atoms with Crippen molar-refractivity contribution in [2.45, 2.75) is 6.61 Å². The van der Waals surface area contributed by atoms with Crippen LogP contribution in [0, 0.1) is 0 Å². The minimum absolute atomic E-state index is 0.0346. The van der Waals surface area contributed by atoms with Crippen molar-refractivity contribution in [1.82, 2.24) is 4.98 Å². The summed E-state index contributed by atoms with van der Waals surface area (Å²) in [6, 6.07) is 14.7. The van der Waals surface area contributed by atoms with Crippen molar-refractivity contribution in [2.75, 3.05) is 5.32 Å². The molecule has 3 aromatic rings. The Balaban J connectivity index is 1.81. The van der Waals surface area contributed by atoms with E-state index in [0.717, 1.165) is 10.9 Å². The second-order valence-electron chi connectivity index (χ2n) is 4.73. The monoisotopic (exact) mass is 314 g/mol. The number of benzene rings is 2. The number of rotatable bonds is 4. The molecule has 1 amide bonds. The molecular weight excluding hydrogens is 302 g/mol. The number of fused-ring (bicyclic) bond motifs is 1. The van der Waals surface area contributed by atoms with Crippen LogP contribution in [0.1, 0.15) is 10.4 Å². The summed E-state index contributed by atoms with van der Waals surface area (Å²) in [7, 11) is 0. The smallest absolute Gasteiger partial charge is 0.387 e. The van der Waals surface area contributed by atoms with Gasteiger partial charge in [0.2, 0.25) is 0 Å². The number of pyridine rings is 1. The lowest BCUT2D eigenvalue weighted by molar-refractivity contribution is -0.0498. The molecule has 23 heavy (non-hydrogen) atoms. The Labute approximate surface area is 130 Å². The lowest BCUT2D eigenvalue weighted by Crippen LogP contribution is -2.12. The molecule has 116 valence electrons. The first-order chi connectivity index (χ1) is 11.1. The number of carbonyl (C=O) groups excluding carboxylic acids is 1. The summed E-state index contributed by atoms with van der Waals surface area (Å²) in [4.78, 5) is 16.6. The Morgan fingerprint density at radius 2 is 1.78 bits per heavy atom. The first-order valence-electron chi connectivity index (χ1n) is 6.83. The molecule has 0 spiro atoms. The fourth-order valence-electron chi connectivity index (χ4n) is 2.21. The molecule has 6 heteroatoms. The van der Waals surface area contributed by atoms with E-state index in [-0.39, 0.29) is 11.7 Å². The van der Waals surface area contributed by atoms with Gasteiger partial charge in [0.05, 0.1) is 11.1 Å². The maximum Gasteiger partial charge on any atom is 0.387 e. The minimum Gasteiger partial charge on any atom is -0.435 e. The fraction of sp³-hybridized carbons (Fsp3) is 0.0588. The summed E-state index contributed by atoms with van der Waals surface area (Å²) in [6.07, 6.45) is 1.57. The Morgan fingerprint density at radius 3 is 2.52 bits per heavy atom. The Hall–Kier alpha value is -3.02. The second-order valence-corrected chi connectivity index (χ2v) is 4.73. The van der Waals surface area contributed by atoms with Crippen LogP contribution >= 0.6 is 0 Å². The van der Waals surface area contributed by atoms with Gasteiger partial charge >= 0.3 is 6.61 Å². The highest BCUT2D eigenvalue weighted by Crippen LogP contribution is 2.20. The number of hydrogen-bond acceptors (Lipinski definition) is 3. The molecule has 0 bridgehead atoms. The van der Waals surface area contributed by atoms with Crippen molar-refractivity contribution < 1.29 is 18.3 Å². The van der Waals surface area contributed by atoms with E-state index in [0.29, 0.717) is 11.3 Å². The molecular formula is C17H12F2N2O2. The molecule has 2 aromatic carbocycles. The predicted molar refractivity (Wildman–Crippen MR) is 82.8 cm³/mol. The number of para-hydroxylation sites is 1. The molecule has 0 aliphatic rings. The molecule has 0 unspecified atom stereocenters. The Bertz CT molecular complexity index is 830. The van der Waals surface area contributed by atoms with E-state index in [4.69, 9.17) is 0 Å². The van der Waals surface area contributed by atoms with Crippen LogP contribution in [0.2, 0.25) is 0 Å².